The Hall–Kier alpha value is -2.76. The summed E-state index contributed by atoms with van der Waals surface area (Å²) in [6, 6.07) is 9.13. The van der Waals surface area contributed by atoms with Crippen LogP contribution in [0.1, 0.15) is 22.8 Å². The van der Waals surface area contributed by atoms with Crippen LogP contribution in [0.2, 0.25) is 0 Å². The van der Waals surface area contributed by atoms with Crippen molar-refractivity contribution in [1.29, 1.82) is 0 Å². The van der Waals surface area contributed by atoms with Gasteiger partial charge in [-0.1, -0.05) is 30.3 Å². The van der Waals surface area contributed by atoms with Crippen molar-refractivity contribution in [2.75, 3.05) is 44.2 Å². The number of benzene rings is 1. The van der Waals surface area contributed by atoms with Crippen LogP contribution in [-0.4, -0.2) is 71.0 Å². The number of Topliss-reactive ketones (excluding diaryl/α,β-unsaturated/α-hetero) is 1. The quantitative estimate of drug-likeness (QED) is 0.555. The third-order valence-electron chi connectivity index (χ3n) is 5.50. The third kappa shape index (κ3) is 4.78. The number of hydrogen-bond donors (Lipinski definition) is 1. The molecule has 1 saturated heterocycles. The van der Waals surface area contributed by atoms with Crippen LogP contribution in [0.15, 0.2) is 39.9 Å². The number of rotatable bonds is 7. The fourth-order valence-corrected chi connectivity index (χ4v) is 4.68. The molecule has 2 N–H and O–H groups in total. The van der Waals surface area contributed by atoms with Crippen LogP contribution >= 0.6 is 0 Å². The summed E-state index contributed by atoms with van der Waals surface area (Å²) in [6.45, 7) is 2.95. The maximum absolute atomic E-state index is 13.0. The molecular weight excluding hydrogens is 422 g/mol. The molecule has 0 atom stereocenters. The van der Waals surface area contributed by atoms with E-state index in [1.54, 1.807) is 11.8 Å². The zero-order valence-corrected chi connectivity index (χ0v) is 18.5. The molecule has 168 valence electrons. The van der Waals surface area contributed by atoms with Gasteiger partial charge in [0.25, 0.3) is 5.56 Å². The largest absolute Gasteiger partial charge is 0.384 e. The molecule has 0 unspecified atom stereocenters. The van der Waals surface area contributed by atoms with Gasteiger partial charge in [0.1, 0.15) is 11.4 Å². The van der Waals surface area contributed by atoms with Gasteiger partial charge in [-0.3, -0.25) is 23.6 Å². The molecule has 1 aromatic heterocycles. The van der Waals surface area contributed by atoms with Gasteiger partial charge in [-0.15, -0.1) is 0 Å². The number of carbonyl (C=O) groups excluding carboxylic acids is 1. The molecule has 10 nitrogen and oxygen atoms in total. The minimum Gasteiger partial charge on any atom is -0.384 e. The van der Waals surface area contributed by atoms with Gasteiger partial charge >= 0.3 is 5.69 Å². The molecule has 2 heterocycles. The van der Waals surface area contributed by atoms with E-state index < -0.39 is 27.1 Å². The second kappa shape index (κ2) is 9.16. The Morgan fingerprint density at radius 2 is 1.68 bits per heavy atom. The van der Waals surface area contributed by atoms with Gasteiger partial charge in [0.2, 0.25) is 10.0 Å². The topological polar surface area (TPSA) is 128 Å². The van der Waals surface area contributed by atoms with Crippen molar-refractivity contribution >= 4 is 21.6 Å². The van der Waals surface area contributed by atoms with Crippen LogP contribution in [0.3, 0.4) is 0 Å². The fourth-order valence-electron chi connectivity index (χ4n) is 3.59. The van der Waals surface area contributed by atoms with E-state index >= 15 is 0 Å². The standard InChI is InChI=1S/C20H27N5O5S/c1-3-31(29,30)24-11-9-23(10-12-24)14-16(26)17-18(21)25(20(28)22(2)19(17)27)13-15-7-5-4-6-8-15/h4-8H,3,9-14,21H2,1-2H3. The number of nitrogens with zero attached hydrogens (tertiary/aromatic N) is 4. The zero-order chi connectivity index (χ0) is 22.8. The highest BCUT2D eigenvalue weighted by atomic mass is 32.2. The Bertz CT molecular complexity index is 1180. The molecule has 0 spiro atoms. The molecular formula is C20H27N5O5S. The number of hydrogen-bond acceptors (Lipinski definition) is 7. The van der Waals surface area contributed by atoms with Crippen LogP contribution in [0, 0.1) is 0 Å². The minimum atomic E-state index is -3.27. The van der Waals surface area contributed by atoms with Crippen LogP contribution in [0.4, 0.5) is 5.82 Å². The molecule has 1 aromatic carbocycles. The normalized spacial score (nSPS) is 15.8. The Balaban J connectivity index is 1.83. The lowest BCUT2D eigenvalue weighted by Crippen LogP contribution is -2.51. The highest BCUT2D eigenvalue weighted by molar-refractivity contribution is 7.89. The molecule has 3 rings (SSSR count). The summed E-state index contributed by atoms with van der Waals surface area (Å²) in [5.41, 5.74) is 5.39. The Kier molecular flexibility index (Phi) is 6.77. The number of nitrogen functional groups attached to an aromatic ring is 1. The average Bonchev–Trinajstić information content (AvgIpc) is 2.76. The average molecular weight is 450 g/mol. The van der Waals surface area contributed by atoms with Crippen LogP contribution in [0.25, 0.3) is 0 Å². The number of ketones is 1. The number of aromatic nitrogens is 2. The van der Waals surface area contributed by atoms with Crippen molar-refractivity contribution in [1.82, 2.24) is 18.3 Å². The molecule has 0 radical (unpaired) electrons. The van der Waals surface area contributed by atoms with E-state index in [1.165, 1.54) is 15.9 Å². The highest BCUT2D eigenvalue weighted by Gasteiger charge is 2.28. The summed E-state index contributed by atoms with van der Waals surface area (Å²) in [7, 11) is -1.96. The van der Waals surface area contributed by atoms with E-state index in [0.29, 0.717) is 13.1 Å². The molecule has 1 aliphatic heterocycles. The van der Waals surface area contributed by atoms with E-state index in [9.17, 15) is 22.8 Å². The number of anilines is 1. The van der Waals surface area contributed by atoms with E-state index in [2.05, 4.69) is 0 Å². The summed E-state index contributed by atoms with van der Waals surface area (Å²) in [5.74, 6) is -0.623. The Morgan fingerprint density at radius 3 is 2.26 bits per heavy atom. The maximum Gasteiger partial charge on any atom is 0.332 e. The first-order chi connectivity index (χ1) is 14.7. The van der Waals surface area contributed by atoms with Gasteiger partial charge in [-0.25, -0.2) is 13.2 Å². The molecule has 11 heteroatoms. The molecule has 0 amide bonds. The molecule has 0 bridgehead atoms. The van der Waals surface area contributed by atoms with Gasteiger partial charge in [-0.2, -0.15) is 4.31 Å². The van der Waals surface area contributed by atoms with Crippen molar-refractivity contribution in [3.8, 4) is 0 Å². The summed E-state index contributed by atoms with van der Waals surface area (Å²) in [5, 5.41) is 0. The molecule has 1 aliphatic rings. The Morgan fingerprint density at radius 1 is 1.06 bits per heavy atom. The SMILES string of the molecule is CCS(=O)(=O)N1CCN(CC(=O)c2c(N)n(Cc3ccccc3)c(=O)n(C)c2=O)CC1. The minimum absolute atomic E-state index is 0.0292. The lowest BCUT2D eigenvalue weighted by atomic mass is 10.1. The van der Waals surface area contributed by atoms with Crippen molar-refractivity contribution in [3.63, 3.8) is 0 Å². The van der Waals surface area contributed by atoms with E-state index in [0.717, 1.165) is 10.1 Å². The lowest BCUT2D eigenvalue weighted by Gasteiger charge is -2.33. The first-order valence-electron chi connectivity index (χ1n) is 10.0. The van der Waals surface area contributed by atoms with Gasteiger partial charge in [-0.05, 0) is 12.5 Å². The van der Waals surface area contributed by atoms with Crippen molar-refractivity contribution in [2.45, 2.75) is 13.5 Å². The first kappa shape index (κ1) is 22.9. The smallest absolute Gasteiger partial charge is 0.332 e. The van der Waals surface area contributed by atoms with Crippen LogP contribution < -0.4 is 17.0 Å². The summed E-state index contributed by atoms with van der Waals surface area (Å²) < 4.78 is 27.5. The molecule has 0 saturated carbocycles. The first-order valence-corrected chi connectivity index (χ1v) is 11.6. The van der Waals surface area contributed by atoms with Crippen molar-refractivity contribution in [2.24, 2.45) is 7.05 Å². The molecule has 0 aliphatic carbocycles. The molecule has 2 aromatic rings. The van der Waals surface area contributed by atoms with Crippen LogP contribution in [-0.2, 0) is 23.6 Å². The van der Waals surface area contributed by atoms with E-state index in [4.69, 9.17) is 5.73 Å². The fraction of sp³-hybridized carbons (Fsp3) is 0.450. The molecule has 31 heavy (non-hydrogen) atoms. The van der Waals surface area contributed by atoms with Gasteiger partial charge in [0, 0.05) is 33.2 Å². The van der Waals surface area contributed by atoms with Crippen molar-refractivity contribution < 1.29 is 13.2 Å². The molecule has 1 fully saturated rings. The van der Waals surface area contributed by atoms with Crippen LogP contribution in [0.5, 0.6) is 0 Å². The number of nitrogens with two attached hydrogens (primary N) is 1. The Labute approximate surface area is 180 Å². The summed E-state index contributed by atoms with van der Waals surface area (Å²) in [4.78, 5) is 40.0. The van der Waals surface area contributed by atoms with Gasteiger partial charge < -0.3 is 5.73 Å². The number of carbonyl (C=O) groups is 1. The number of sulfonamides is 1. The van der Waals surface area contributed by atoms with Crippen molar-refractivity contribution in [3.05, 3.63) is 62.3 Å². The van der Waals surface area contributed by atoms with Gasteiger partial charge in [0.15, 0.2) is 5.78 Å². The lowest BCUT2D eigenvalue weighted by molar-refractivity contribution is 0.0899. The second-order valence-electron chi connectivity index (χ2n) is 7.48. The summed E-state index contributed by atoms with van der Waals surface area (Å²) >= 11 is 0. The number of piperazine rings is 1. The van der Waals surface area contributed by atoms with Gasteiger partial charge in [0.05, 0.1) is 18.8 Å². The third-order valence-corrected chi connectivity index (χ3v) is 7.38. The zero-order valence-electron chi connectivity index (χ0n) is 17.7. The van der Waals surface area contributed by atoms with E-state index in [-0.39, 0.29) is 43.3 Å². The monoisotopic (exact) mass is 449 g/mol. The van der Waals surface area contributed by atoms with E-state index in [1.807, 2.05) is 30.3 Å². The predicted molar refractivity (Wildman–Crippen MR) is 118 cm³/mol. The predicted octanol–water partition coefficient (Wildman–Crippen LogP) is -0.672. The maximum atomic E-state index is 13.0. The highest BCUT2D eigenvalue weighted by Crippen LogP contribution is 2.12. The summed E-state index contributed by atoms with van der Waals surface area (Å²) in [6.07, 6.45) is 0. The second-order valence-corrected chi connectivity index (χ2v) is 9.74.